The molecule has 1 fully saturated rings. The molecule has 0 aromatic heterocycles. The van der Waals surface area contributed by atoms with Gasteiger partial charge in [0.2, 0.25) is 0 Å². The van der Waals surface area contributed by atoms with Crippen LogP contribution < -0.4 is 11.1 Å². The van der Waals surface area contributed by atoms with Crippen LogP contribution in [0.5, 0.6) is 0 Å². The lowest BCUT2D eigenvalue weighted by Crippen LogP contribution is -2.56. The minimum atomic E-state index is 0.254. The van der Waals surface area contributed by atoms with E-state index in [-0.39, 0.29) is 5.54 Å². The van der Waals surface area contributed by atoms with Crippen molar-refractivity contribution in [1.82, 2.24) is 5.32 Å². The first-order valence-electron chi connectivity index (χ1n) is 6.16. The van der Waals surface area contributed by atoms with Crippen molar-refractivity contribution < 1.29 is 0 Å². The van der Waals surface area contributed by atoms with Gasteiger partial charge in [0, 0.05) is 18.1 Å². The normalized spacial score (nSPS) is 34.7. The molecular weight excluding hydrogens is 172 g/mol. The zero-order valence-corrected chi connectivity index (χ0v) is 9.97. The SMILES string of the molecule is CCC(C)NC1(CN)CCCC1CC. The van der Waals surface area contributed by atoms with Crippen molar-refractivity contribution in [2.45, 2.75) is 64.5 Å². The standard InChI is InChI=1S/C12H26N2/c1-4-10(3)14-12(9-13)8-6-7-11(12)5-2/h10-11,14H,4-9,13H2,1-3H3. The minimum Gasteiger partial charge on any atom is -0.329 e. The molecule has 1 aliphatic rings. The Hall–Kier alpha value is -0.0800. The summed E-state index contributed by atoms with van der Waals surface area (Å²) in [5, 5.41) is 3.77. The van der Waals surface area contributed by atoms with Gasteiger partial charge in [0.05, 0.1) is 0 Å². The first kappa shape index (κ1) is 12.0. The van der Waals surface area contributed by atoms with Crippen LogP contribution in [0.4, 0.5) is 0 Å². The van der Waals surface area contributed by atoms with Gasteiger partial charge in [-0.05, 0) is 32.1 Å². The second-order valence-electron chi connectivity index (χ2n) is 4.81. The third kappa shape index (κ3) is 2.29. The van der Waals surface area contributed by atoms with E-state index >= 15 is 0 Å². The molecule has 0 spiro atoms. The Balaban J connectivity index is 2.64. The highest BCUT2D eigenvalue weighted by Crippen LogP contribution is 2.37. The van der Waals surface area contributed by atoms with Gasteiger partial charge in [0.15, 0.2) is 0 Å². The van der Waals surface area contributed by atoms with E-state index in [0.29, 0.717) is 6.04 Å². The van der Waals surface area contributed by atoms with Crippen molar-refractivity contribution in [3.63, 3.8) is 0 Å². The van der Waals surface area contributed by atoms with Gasteiger partial charge in [-0.25, -0.2) is 0 Å². The van der Waals surface area contributed by atoms with Gasteiger partial charge in [-0.1, -0.05) is 26.7 Å². The maximum absolute atomic E-state index is 5.98. The van der Waals surface area contributed by atoms with Crippen LogP contribution in [0.3, 0.4) is 0 Å². The Morgan fingerprint density at radius 2 is 2.21 bits per heavy atom. The summed E-state index contributed by atoms with van der Waals surface area (Å²) < 4.78 is 0. The Kier molecular flexibility index (Phi) is 4.39. The van der Waals surface area contributed by atoms with E-state index in [2.05, 4.69) is 26.1 Å². The van der Waals surface area contributed by atoms with E-state index in [1.54, 1.807) is 0 Å². The molecule has 3 unspecified atom stereocenters. The second kappa shape index (κ2) is 5.13. The van der Waals surface area contributed by atoms with Gasteiger partial charge < -0.3 is 11.1 Å². The van der Waals surface area contributed by atoms with Crippen molar-refractivity contribution in [2.24, 2.45) is 11.7 Å². The predicted octanol–water partition coefficient (Wildman–Crippen LogP) is 2.28. The average molecular weight is 198 g/mol. The summed E-state index contributed by atoms with van der Waals surface area (Å²) in [5.41, 5.74) is 6.23. The molecule has 0 saturated heterocycles. The first-order chi connectivity index (χ1) is 6.68. The summed E-state index contributed by atoms with van der Waals surface area (Å²) in [6, 6.07) is 0.602. The monoisotopic (exact) mass is 198 g/mol. The van der Waals surface area contributed by atoms with E-state index in [0.717, 1.165) is 12.5 Å². The van der Waals surface area contributed by atoms with Gasteiger partial charge in [-0.2, -0.15) is 0 Å². The lowest BCUT2D eigenvalue weighted by atomic mass is 9.84. The van der Waals surface area contributed by atoms with E-state index in [4.69, 9.17) is 5.73 Å². The van der Waals surface area contributed by atoms with E-state index in [1.165, 1.54) is 32.1 Å². The highest BCUT2D eigenvalue weighted by molar-refractivity contribution is 5.00. The Labute approximate surface area is 88.6 Å². The summed E-state index contributed by atoms with van der Waals surface area (Å²) in [6.45, 7) is 7.59. The molecule has 0 radical (unpaired) electrons. The third-order valence-corrected chi connectivity index (χ3v) is 3.96. The number of rotatable bonds is 5. The maximum atomic E-state index is 5.98. The molecule has 0 aliphatic heterocycles. The number of hydrogen-bond donors (Lipinski definition) is 2. The van der Waals surface area contributed by atoms with Gasteiger partial charge in [-0.3, -0.25) is 0 Å². The highest BCUT2D eigenvalue weighted by atomic mass is 15.0. The van der Waals surface area contributed by atoms with Crippen LogP contribution in [-0.4, -0.2) is 18.1 Å². The number of nitrogens with one attached hydrogen (secondary N) is 1. The van der Waals surface area contributed by atoms with Crippen LogP contribution in [0.15, 0.2) is 0 Å². The molecule has 84 valence electrons. The van der Waals surface area contributed by atoms with Crippen molar-refractivity contribution >= 4 is 0 Å². The molecule has 1 aliphatic carbocycles. The molecule has 0 aromatic carbocycles. The van der Waals surface area contributed by atoms with Crippen molar-refractivity contribution in [2.75, 3.05) is 6.54 Å². The Bertz CT molecular complexity index is 170. The molecule has 0 amide bonds. The lowest BCUT2D eigenvalue weighted by Gasteiger charge is -2.38. The summed E-state index contributed by atoms with van der Waals surface area (Å²) >= 11 is 0. The Morgan fingerprint density at radius 3 is 2.71 bits per heavy atom. The summed E-state index contributed by atoms with van der Waals surface area (Å²) in [6.07, 6.45) is 6.43. The Morgan fingerprint density at radius 1 is 1.50 bits per heavy atom. The third-order valence-electron chi connectivity index (χ3n) is 3.96. The van der Waals surface area contributed by atoms with E-state index in [1.807, 2.05) is 0 Å². The highest BCUT2D eigenvalue weighted by Gasteiger charge is 2.40. The molecule has 14 heavy (non-hydrogen) atoms. The van der Waals surface area contributed by atoms with Crippen molar-refractivity contribution in [3.05, 3.63) is 0 Å². The molecule has 1 saturated carbocycles. The molecule has 1 rings (SSSR count). The zero-order valence-electron chi connectivity index (χ0n) is 9.97. The van der Waals surface area contributed by atoms with E-state index < -0.39 is 0 Å². The smallest absolute Gasteiger partial charge is 0.0334 e. The van der Waals surface area contributed by atoms with Crippen LogP contribution in [0, 0.1) is 5.92 Å². The average Bonchev–Trinajstić information content (AvgIpc) is 2.61. The van der Waals surface area contributed by atoms with Crippen LogP contribution in [0.2, 0.25) is 0 Å². The van der Waals surface area contributed by atoms with Gasteiger partial charge >= 0.3 is 0 Å². The molecule has 2 nitrogen and oxygen atoms in total. The summed E-state index contributed by atoms with van der Waals surface area (Å²) in [7, 11) is 0. The van der Waals surface area contributed by atoms with Gasteiger partial charge in [0.1, 0.15) is 0 Å². The van der Waals surface area contributed by atoms with Crippen molar-refractivity contribution in [3.8, 4) is 0 Å². The van der Waals surface area contributed by atoms with Gasteiger partial charge in [-0.15, -0.1) is 0 Å². The fraction of sp³-hybridized carbons (Fsp3) is 1.00. The molecule has 0 bridgehead atoms. The number of nitrogens with two attached hydrogens (primary N) is 1. The summed E-state index contributed by atoms with van der Waals surface area (Å²) in [4.78, 5) is 0. The molecule has 2 heteroatoms. The molecular formula is C12H26N2. The number of hydrogen-bond acceptors (Lipinski definition) is 2. The minimum absolute atomic E-state index is 0.254. The molecule has 3 atom stereocenters. The summed E-state index contributed by atoms with van der Waals surface area (Å²) in [5.74, 6) is 0.793. The van der Waals surface area contributed by atoms with Gasteiger partial charge in [0.25, 0.3) is 0 Å². The predicted molar refractivity (Wildman–Crippen MR) is 62.3 cm³/mol. The van der Waals surface area contributed by atoms with Crippen LogP contribution in [0.25, 0.3) is 0 Å². The molecule has 0 heterocycles. The largest absolute Gasteiger partial charge is 0.329 e. The molecule has 3 N–H and O–H groups in total. The van der Waals surface area contributed by atoms with Crippen molar-refractivity contribution in [1.29, 1.82) is 0 Å². The lowest BCUT2D eigenvalue weighted by molar-refractivity contribution is 0.221. The van der Waals surface area contributed by atoms with Crippen LogP contribution >= 0.6 is 0 Å². The fourth-order valence-electron chi connectivity index (χ4n) is 2.85. The quantitative estimate of drug-likeness (QED) is 0.711. The zero-order chi connectivity index (χ0) is 10.6. The van der Waals surface area contributed by atoms with Crippen LogP contribution in [-0.2, 0) is 0 Å². The topological polar surface area (TPSA) is 38.0 Å². The second-order valence-corrected chi connectivity index (χ2v) is 4.81. The first-order valence-corrected chi connectivity index (χ1v) is 6.16. The maximum Gasteiger partial charge on any atom is 0.0334 e. The van der Waals surface area contributed by atoms with E-state index in [9.17, 15) is 0 Å². The molecule has 0 aromatic rings. The van der Waals surface area contributed by atoms with Crippen LogP contribution in [0.1, 0.15) is 52.9 Å². The fourth-order valence-corrected chi connectivity index (χ4v) is 2.85.